The second-order valence-electron chi connectivity index (χ2n) is 7.32. The van der Waals surface area contributed by atoms with Gasteiger partial charge in [0.25, 0.3) is 0 Å². The van der Waals surface area contributed by atoms with Gasteiger partial charge in [-0.15, -0.1) is 0 Å². The van der Waals surface area contributed by atoms with Crippen LogP contribution < -0.4 is 11.1 Å². The number of nitrogens with zero attached hydrogens (tertiary/aromatic N) is 1. The van der Waals surface area contributed by atoms with Crippen molar-refractivity contribution in [2.75, 3.05) is 26.2 Å². The Hall–Kier alpha value is -1.39. The van der Waals surface area contributed by atoms with Gasteiger partial charge in [-0.2, -0.15) is 0 Å². The first kappa shape index (κ1) is 18.9. The molecule has 0 saturated carbocycles. The van der Waals surface area contributed by atoms with E-state index < -0.39 is 5.41 Å². The number of likely N-dealkylation sites (tertiary alicyclic amines) is 1. The average molecular weight is 332 g/mol. The normalized spacial score (nSPS) is 18.5. The van der Waals surface area contributed by atoms with E-state index in [1.165, 1.54) is 19.3 Å². The van der Waals surface area contributed by atoms with Gasteiger partial charge in [-0.3, -0.25) is 4.79 Å². The van der Waals surface area contributed by atoms with Crippen LogP contribution in [0.25, 0.3) is 0 Å². The van der Waals surface area contributed by atoms with Gasteiger partial charge >= 0.3 is 0 Å². The third kappa shape index (κ3) is 5.05. The second kappa shape index (κ2) is 9.19. The largest absolute Gasteiger partial charge is 0.369 e. The molecule has 3 N–H and O–H groups in total. The fourth-order valence-electron chi connectivity index (χ4n) is 3.67. The van der Waals surface area contributed by atoms with Crippen molar-refractivity contribution in [1.82, 2.24) is 10.2 Å². The molecule has 4 heteroatoms. The summed E-state index contributed by atoms with van der Waals surface area (Å²) < 4.78 is 0. The van der Waals surface area contributed by atoms with Gasteiger partial charge in [0.05, 0.1) is 5.41 Å². The quantitative estimate of drug-likeness (QED) is 0.731. The van der Waals surface area contributed by atoms with E-state index in [0.717, 1.165) is 44.6 Å². The minimum absolute atomic E-state index is 0.198. The topological polar surface area (TPSA) is 58.4 Å². The molecule has 1 aromatic carbocycles. The van der Waals surface area contributed by atoms with Gasteiger partial charge in [0, 0.05) is 6.04 Å². The van der Waals surface area contributed by atoms with Gasteiger partial charge in [0.2, 0.25) is 5.91 Å². The first-order valence-corrected chi connectivity index (χ1v) is 9.36. The lowest BCUT2D eigenvalue weighted by molar-refractivity contribution is -0.124. The predicted molar refractivity (Wildman–Crippen MR) is 100.0 cm³/mol. The molecule has 1 aliphatic heterocycles. The average Bonchev–Trinajstić information content (AvgIpc) is 2.59. The molecule has 1 saturated heterocycles. The maximum absolute atomic E-state index is 12.5. The molecular formula is C20H33N3O. The van der Waals surface area contributed by atoms with Crippen LogP contribution in [0.2, 0.25) is 0 Å². The second-order valence-corrected chi connectivity index (χ2v) is 7.32. The van der Waals surface area contributed by atoms with E-state index in [2.05, 4.69) is 36.2 Å². The summed E-state index contributed by atoms with van der Waals surface area (Å²) in [7, 11) is 0. The molecule has 1 aliphatic rings. The monoisotopic (exact) mass is 331 g/mol. The highest BCUT2D eigenvalue weighted by atomic mass is 16.1. The Morgan fingerprint density at radius 2 is 1.83 bits per heavy atom. The van der Waals surface area contributed by atoms with E-state index in [0.29, 0.717) is 6.04 Å². The van der Waals surface area contributed by atoms with Crippen LogP contribution in [0.15, 0.2) is 30.3 Å². The zero-order valence-corrected chi connectivity index (χ0v) is 15.3. The number of hydrogen-bond donors (Lipinski definition) is 2. The predicted octanol–water partition coefficient (Wildman–Crippen LogP) is 2.67. The number of amides is 1. The number of carbonyl (C=O) groups excluding carboxylic acids is 1. The van der Waals surface area contributed by atoms with Crippen molar-refractivity contribution < 1.29 is 4.79 Å². The Kier molecular flexibility index (Phi) is 7.25. The smallest absolute Gasteiger partial charge is 0.228 e. The zero-order valence-electron chi connectivity index (χ0n) is 15.3. The van der Waals surface area contributed by atoms with Gasteiger partial charge < -0.3 is 16.0 Å². The molecule has 0 bridgehead atoms. The molecule has 134 valence electrons. The molecule has 0 aromatic heterocycles. The van der Waals surface area contributed by atoms with Gasteiger partial charge in [0.1, 0.15) is 0 Å². The summed E-state index contributed by atoms with van der Waals surface area (Å²) >= 11 is 0. The molecule has 1 fully saturated rings. The zero-order chi connectivity index (χ0) is 17.4. The number of benzene rings is 1. The highest BCUT2D eigenvalue weighted by Gasteiger charge is 2.38. The molecule has 1 heterocycles. The van der Waals surface area contributed by atoms with Crippen LogP contribution in [-0.2, 0) is 10.2 Å². The Bertz CT molecular complexity index is 497. The van der Waals surface area contributed by atoms with Crippen LogP contribution in [0.3, 0.4) is 0 Å². The summed E-state index contributed by atoms with van der Waals surface area (Å²) in [6, 6.07) is 10.5. The standard InChI is InChI=1S/C20H33N3O/c1-17(2)22-13-11-20(19(21)24,18-9-5-3-6-10-18)12-16-23-14-7-4-8-15-23/h3,5-6,9-10,17,22H,4,7-8,11-16H2,1-2H3,(H2,21,24)/t20-/m1/s1. The maximum atomic E-state index is 12.5. The molecule has 0 radical (unpaired) electrons. The molecule has 24 heavy (non-hydrogen) atoms. The van der Waals surface area contributed by atoms with Crippen LogP contribution >= 0.6 is 0 Å². The minimum atomic E-state index is -0.583. The summed E-state index contributed by atoms with van der Waals surface area (Å²) in [6.07, 6.45) is 5.41. The first-order valence-electron chi connectivity index (χ1n) is 9.36. The fourth-order valence-corrected chi connectivity index (χ4v) is 3.67. The van der Waals surface area contributed by atoms with Crippen molar-refractivity contribution in [3.05, 3.63) is 35.9 Å². The highest BCUT2D eigenvalue weighted by molar-refractivity contribution is 5.86. The number of nitrogens with one attached hydrogen (secondary N) is 1. The lowest BCUT2D eigenvalue weighted by Crippen LogP contribution is -2.46. The fraction of sp³-hybridized carbons (Fsp3) is 0.650. The van der Waals surface area contributed by atoms with Crippen molar-refractivity contribution >= 4 is 5.91 Å². The van der Waals surface area contributed by atoms with E-state index in [9.17, 15) is 4.79 Å². The molecule has 2 rings (SSSR count). The Balaban J connectivity index is 2.15. The molecule has 4 nitrogen and oxygen atoms in total. The van der Waals surface area contributed by atoms with Crippen LogP contribution in [0.1, 0.15) is 51.5 Å². The number of piperidine rings is 1. The molecule has 0 aliphatic carbocycles. The number of nitrogens with two attached hydrogens (primary N) is 1. The van der Waals surface area contributed by atoms with Gasteiger partial charge in [0.15, 0.2) is 0 Å². The Morgan fingerprint density at radius 3 is 2.42 bits per heavy atom. The lowest BCUT2D eigenvalue weighted by atomic mass is 9.74. The van der Waals surface area contributed by atoms with Gasteiger partial charge in [-0.1, -0.05) is 50.6 Å². The molecule has 1 aromatic rings. The SMILES string of the molecule is CC(C)NCC[C@](CCN1CCCCC1)(C(N)=O)c1ccccc1. The van der Waals surface area contributed by atoms with E-state index >= 15 is 0 Å². The summed E-state index contributed by atoms with van der Waals surface area (Å²) in [5.41, 5.74) is 6.42. The van der Waals surface area contributed by atoms with Gasteiger partial charge in [-0.25, -0.2) is 0 Å². The van der Waals surface area contributed by atoms with Crippen LogP contribution in [0.4, 0.5) is 0 Å². The summed E-state index contributed by atoms with van der Waals surface area (Å²) in [4.78, 5) is 15.0. The molecule has 0 unspecified atom stereocenters. The molecule has 1 amide bonds. The number of hydrogen-bond acceptors (Lipinski definition) is 3. The summed E-state index contributed by atoms with van der Waals surface area (Å²) in [5.74, 6) is -0.198. The number of primary amides is 1. The van der Waals surface area contributed by atoms with Crippen molar-refractivity contribution in [3.63, 3.8) is 0 Å². The maximum Gasteiger partial charge on any atom is 0.228 e. The summed E-state index contributed by atoms with van der Waals surface area (Å²) in [5, 5.41) is 3.44. The summed E-state index contributed by atoms with van der Waals surface area (Å²) in [6.45, 7) is 8.29. The Morgan fingerprint density at radius 1 is 1.17 bits per heavy atom. The van der Waals surface area contributed by atoms with Crippen molar-refractivity contribution in [3.8, 4) is 0 Å². The van der Waals surface area contributed by atoms with Crippen LogP contribution in [0.5, 0.6) is 0 Å². The van der Waals surface area contributed by atoms with E-state index in [4.69, 9.17) is 5.73 Å². The van der Waals surface area contributed by atoms with Crippen molar-refractivity contribution in [2.24, 2.45) is 5.73 Å². The lowest BCUT2D eigenvalue weighted by Gasteiger charge is -2.35. The van der Waals surface area contributed by atoms with Crippen molar-refractivity contribution in [1.29, 1.82) is 0 Å². The number of rotatable bonds is 9. The van der Waals surface area contributed by atoms with Crippen molar-refractivity contribution in [2.45, 2.75) is 57.4 Å². The highest BCUT2D eigenvalue weighted by Crippen LogP contribution is 2.32. The van der Waals surface area contributed by atoms with E-state index in [-0.39, 0.29) is 5.91 Å². The number of carbonyl (C=O) groups is 1. The van der Waals surface area contributed by atoms with E-state index in [1.54, 1.807) is 0 Å². The molecule has 0 spiro atoms. The van der Waals surface area contributed by atoms with Crippen LogP contribution in [-0.4, -0.2) is 43.0 Å². The third-order valence-electron chi connectivity index (χ3n) is 5.21. The minimum Gasteiger partial charge on any atom is -0.369 e. The van der Waals surface area contributed by atoms with Crippen LogP contribution in [0, 0.1) is 0 Å². The van der Waals surface area contributed by atoms with Gasteiger partial charge in [-0.05, 0) is 57.4 Å². The van der Waals surface area contributed by atoms with E-state index in [1.807, 2.05) is 18.2 Å². The Labute approximate surface area is 146 Å². The third-order valence-corrected chi connectivity index (χ3v) is 5.21. The first-order chi connectivity index (χ1) is 11.5. The molecular weight excluding hydrogens is 298 g/mol. The molecule has 1 atom stereocenters.